The third kappa shape index (κ3) is 2.07. The highest BCUT2D eigenvalue weighted by Gasteiger charge is 2.37. The fourth-order valence-corrected chi connectivity index (χ4v) is 3.00. The molecule has 1 unspecified atom stereocenters. The summed E-state index contributed by atoms with van der Waals surface area (Å²) in [6.07, 6.45) is 11.6. The Morgan fingerprint density at radius 2 is 2.08 bits per heavy atom. The van der Waals surface area contributed by atoms with Crippen molar-refractivity contribution in [3.8, 4) is 0 Å². The van der Waals surface area contributed by atoms with Crippen LogP contribution in [0, 0.1) is 5.41 Å². The topological polar surface area (TPSA) is 12.0 Å². The quantitative estimate of drug-likeness (QED) is 0.705. The molecule has 1 aliphatic carbocycles. The van der Waals surface area contributed by atoms with E-state index in [2.05, 4.69) is 12.2 Å². The van der Waals surface area contributed by atoms with Crippen LogP contribution in [0.5, 0.6) is 0 Å². The lowest BCUT2D eigenvalue weighted by Gasteiger charge is -2.44. The lowest BCUT2D eigenvalue weighted by molar-refractivity contribution is 0.0903. The number of hydrogen-bond donors (Lipinski definition) is 1. The first-order chi connectivity index (χ1) is 6.35. The van der Waals surface area contributed by atoms with Crippen LogP contribution in [0.25, 0.3) is 0 Å². The minimum Gasteiger partial charge on any atom is -0.314 e. The van der Waals surface area contributed by atoms with Crippen molar-refractivity contribution in [2.45, 2.75) is 64.3 Å². The van der Waals surface area contributed by atoms with Gasteiger partial charge in [-0.3, -0.25) is 0 Å². The summed E-state index contributed by atoms with van der Waals surface area (Å²) in [5.41, 5.74) is 0.759. The van der Waals surface area contributed by atoms with Crippen molar-refractivity contribution < 1.29 is 0 Å². The lowest BCUT2D eigenvalue weighted by atomic mass is 9.63. The Bertz CT molecular complexity index is 149. The predicted octanol–water partition coefficient (Wildman–Crippen LogP) is 3.10. The molecule has 1 heteroatoms. The van der Waals surface area contributed by atoms with Gasteiger partial charge in [-0.05, 0) is 44.1 Å². The van der Waals surface area contributed by atoms with E-state index in [0.717, 1.165) is 11.5 Å². The average Bonchev–Trinajstić information content (AvgIpc) is 2.13. The Kier molecular flexibility index (Phi) is 2.92. The molecule has 1 atom stereocenters. The Morgan fingerprint density at radius 1 is 1.23 bits per heavy atom. The Morgan fingerprint density at radius 3 is 2.54 bits per heavy atom. The van der Waals surface area contributed by atoms with E-state index < -0.39 is 0 Å². The Labute approximate surface area is 82.3 Å². The molecule has 1 saturated heterocycles. The Hall–Kier alpha value is -0.0400. The molecule has 1 nitrogen and oxygen atoms in total. The highest BCUT2D eigenvalue weighted by Crippen LogP contribution is 2.47. The van der Waals surface area contributed by atoms with Crippen molar-refractivity contribution in [1.82, 2.24) is 5.32 Å². The van der Waals surface area contributed by atoms with Gasteiger partial charge in [0.15, 0.2) is 0 Å². The molecular weight excluding hydrogens is 158 g/mol. The van der Waals surface area contributed by atoms with Gasteiger partial charge in [0.1, 0.15) is 0 Å². The van der Waals surface area contributed by atoms with E-state index in [1.807, 2.05) is 0 Å². The number of hydrogen-bond acceptors (Lipinski definition) is 1. The van der Waals surface area contributed by atoms with Crippen molar-refractivity contribution in [3.05, 3.63) is 0 Å². The van der Waals surface area contributed by atoms with Gasteiger partial charge in [0.05, 0.1) is 0 Å². The molecule has 1 aliphatic heterocycles. The molecule has 2 rings (SSSR count). The summed E-state index contributed by atoms with van der Waals surface area (Å²) in [7, 11) is 0. The van der Waals surface area contributed by atoms with Gasteiger partial charge >= 0.3 is 0 Å². The molecule has 0 aromatic heterocycles. The smallest absolute Gasteiger partial charge is 0.00723 e. The van der Waals surface area contributed by atoms with Crippen LogP contribution in [-0.2, 0) is 0 Å². The molecule has 1 saturated carbocycles. The fourth-order valence-electron chi connectivity index (χ4n) is 3.00. The van der Waals surface area contributed by atoms with Crippen LogP contribution in [-0.4, -0.2) is 12.6 Å². The van der Waals surface area contributed by atoms with Gasteiger partial charge in [-0.1, -0.05) is 26.2 Å². The molecule has 1 heterocycles. The van der Waals surface area contributed by atoms with Crippen LogP contribution >= 0.6 is 0 Å². The molecule has 0 spiro atoms. The summed E-state index contributed by atoms with van der Waals surface area (Å²) >= 11 is 0. The number of rotatable bonds is 3. The van der Waals surface area contributed by atoms with Crippen molar-refractivity contribution >= 4 is 0 Å². The van der Waals surface area contributed by atoms with Crippen LogP contribution in [0.1, 0.15) is 58.3 Å². The second kappa shape index (κ2) is 4.00. The molecule has 0 aromatic carbocycles. The molecule has 0 radical (unpaired) electrons. The van der Waals surface area contributed by atoms with Crippen LogP contribution in [0.3, 0.4) is 0 Å². The van der Waals surface area contributed by atoms with Crippen LogP contribution in [0.15, 0.2) is 0 Å². The first-order valence-electron chi connectivity index (χ1n) is 6.08. The third-order valence-corrected chi connectivity index (χ3v) is 4.26. The van der Waals surface area contributed by atoms with E-state index in [-0.39, 0.29) is 0 Å². The van der Waals surface area contributed by atoms with E-state index in [9.17, 15) is 0 Å². The van der Waals surface area contributed by atoms with Gasteiger partial charge in [0.2, 0.25) is 0 Å². The van der Waals surface area contributed by atoms with Gasteiger partial charge in [0, 0.05) is 6.04 Å². The molecule has 0 bridgehead atoms. The summed E-state index contributed by atoms with van der Waals surface area (Å²) < 4.78 is 0. The zero-order chi connectivity index (χ0) is 9.15. The largest absolute Gasteiger partial charge is 0.314 e. The lowest BCUT2D eigenvalue weighted by Crippen LogP contribution is -2.41. The van der Waals surface area contributed by atoms with Crippen LogP contribution in [0.4, 0.5) is 0 Å². The van der Waals surface area contributed by atoms with Gasteiger partial charge in [-0.2, -0.15) is 0 Å². The van der Waals surface area contributed by atoms with Crippen LogP contribution in [0.2, 0.25) is 0 Å². The maximum absolute atomic E-state index is 3.68. The van der Waals surface area contributed by atoms with E-state index in [1.165, 1.54) is 57.9 Å². The second-order valence-corrected chi connectivity index (χ2v) is 5.06. The number of piperidine rings is 1. The van der Waals surface area contributed by atoms with Crippen molar-refractivity contribution in [2.75, 3.05) is 6.54 Å². The normalized spacial score (nSPS) is 32.5. The zero-order valence-corrected chi connectivity index (χ0v) is 8.94. The summed E-state index contributed by atoms with van der Waals surface area (Å²) in [6, 6.07) is 0.856. The average molecular weight is 181 g/mol. The van der Waals surface area contributed by atoms with Gasteiger partial charge in [0.25, 0.3) is 0 Å². The molecule has 13 heavy (non-hydrogen) atoms. The van der Waals surface area contributed by atoms with E-state index in [4.69, 9.17) is 0 Å². The maximum atomic E-state index is 3.68. The van der Waals surface area contributed by atoms with Gasteiger partial charge in [-0.25, -0.2) is 0 Å². The predicted molar refractivity (Wildman–Crippen MR) is 56.8 cm³/mol. The third-order valence-electron chi connectivity index (χ3n) is 4.26. The van der Waals surface area contributed by atoms with E-state index in [0.29, 0.717) is 0 Å². The van der Waals surface area contributed by atoms with E-state index in [1.54, 1.807) is 0 Å². The van der Waals surface area contributed by atoms with Gasteiger partial charge < -0.3 is 5.32 Å². The minimum absolute atomic E-state index is 0.759. The fraction of sp³-hybridized carbons (Fsp3) is 1.00. The first kappa shape index (κ1) is 9.51. The standard InChI is InChI=1S/C12H23N/c1-2-12(7-5-8-12)10-11-6-3-4-9-13-11/h11,13H,2-10H2,1H3. The molecule has 2 fully saturated rings. The molecular formula is C12H23N. The SMILES string of the molecule is CCC1(CC2CCCCN2)CCC1. The summed E-state index contributed by atoms with van der Waals surface area (Å²) in [6.45, 7) is 3.65. The Balaban J connectivity index is 1.81. The van der Waals surface area contributed by atoms with Crippen molar-refractivity contribution in [3.63, 3.8) is 0 Å². The van der Waals surface area contributed by atoms with Crippen molar-refractivity contribution in [1.29, 1.82) is 0 Å². The second-order valence-electron chi connectivity index (χ2n) is 5.06. The molecule has 76 valence electrons. The summed E-state index contributed by atoms with van der Waals surface area (Å²) in [5.74, 6) is 0. The van der Waals surface area contributed by atoms with Crippen LogP contribution < -0.4 is 5.32 Å². The monoisotopic (exact) mass is 181 g/mol. The zero-order valence-electron chi connectivity index (χ0n) is 8.94. The summed E-state index contributed by atoms with van der Waals surface area (Å²) in [5, 5.41) is 3.68. The van der Waals surface area contributed by atoms with E-state index >= 15 is 0 Å². The van der Waals surface area contributed by atoms with Crippen molar-refractivity contribution in [2.24, 2.45) is 5.41 Å². The van der Waals surface area contributed by atoms with Gasteiger partial charge in [-0.15, -0.1) is 0 Å². The highest BCUT2D eigenvalue weighted by molar-refractivity contribution is 4.91. The maximum Gasteiger partial charge on any atom is 0.00723 e. The number of nitrogens with one attached hydrogen (secondary N) is 1. The highest BCUT2D eigenvalue weighted by atomic mass is 14.9. The first-order valence-corrected chi connectivity index (χ1v) is 6.08. The molecule has 0 amide bonds. The summed E-state index contributed by atoms with van der Waals surface area (Å²) in [4.78, 5) is 0. The minimum atomic E-state index is 0.759. The molecule has 1 N–H and O–H groups in total. The molecule has 2 aliphatic rings. The molecule has 0 aromatic rings.